The van der Waals surface area contributed by atoms with E-state index in [1.54, 1.807) is 22.6 Å². The van der Waals surface area contributed by atoms with Gasteiger partial charge in [0.1, 0.15) is 17.1 Å². The molecule has 0 bridgehead atoms. The number of nitrogens with one attached hydrogen (secondary N) is 1. The van der Waals surface area contributed by atoms with Gasteiger partial charge >= 0.3 is 6.61 Å². The molecule has 2 aromatic heterocycles. The van der Waals surface area contributed by atoms with E-state index in [4.69, 9.17) is 11.5 Å². The zero-order valence-electron chi connectivity index (χ0n) is 18.8. The molecule has 36 heavy (non-hydrogen) atoms. The van der Waals surface area contributed by atoms with Crippen LogP contribution in [0.1, 0.15) is 11.3 Å². The number of β-lactam (4-membered cyclic amide) rings is 1. The summed E-state index contributed by atoms with van der Waals surface area (Å²) >= 11 is 2.17. The van der Waals surface area contributed by atoms with Gasteiger partial charge in [-0.3, -0.25) is 14.5 Å². The SMILES string of the molecule is Cc1c[n+](CC2=C(C(=O)[O-])N3C(=O)[C@@H](NC(=O)C(=NOC(F)F)c4csc(N)n4)[C@H]3SC2)n(C)c1N. The fraction of sp³-hybridized carbons (Fsp3) is 0.368. The highest BCUT2D eigenvalue weighted by Crippen LogP contribution is 2.40. The summed E-state index contributed by atoms with van der Waals surface area (Å²) < 4.78 is 28.4. The first-order valence-corrected chi connectivity index (χ1v) is 12.2. The first-order chi connectivity index (χ1) is 17.0. The fourth-order valence-corrected chi connectivity index (χ4v) is 5.70. The number of halogens is 2. The van der Waals surface area contributed by atoms with Crippen LogP contribution >= 0.6 is 23.1 Å². The number of amides is 2. The van der Waals surface area contributed by atoms with E-state index in [1.165, 1.54) is 17.1 Å². The van der Waals surface area contributed by atoms with E-state index in [9.17, 15) is 28.3 Å². The number of carboxylic acids is 1. The lowest BCUT2D eigenvalue weighted by molar-refractivity contribution is -0.765. The minimum atomic E-state index is -3.30. The molecule has 2 aliphatic heterocycles. The van der Waals surface area contributed by atoms with Crippen molar-refractivity contribution in [3.8, 4) is 0 Å². The van der Waals surface area contributed by atoms with Crippen molar-refractivity contribution in [2.45, 2.75) is 31.5 Å². The molecule has 0 radical (unpaired) electrons. The monoisotopic (exact) mass is 542 g/mol. The number of anilines is 2. The molecule has 0 aliphatic carbocycles. The van der Waals surface area contributed by atoms with Gasteiger partial charge < -0.3 is 31.5 Å². The molecule has 2 aromatic rings. The second-order valence-corrected chi connectivity index (χ2v) is 9.79. The van der Waals surface area contributed by atoms with Gasteiger partial charge in [-0.05, 0) is 6.92 Å². The maximum Gasteiger partial charge on any atom is 0.407 e. The number of rotatable bonds is 8. The van der Waals surface area contributed by atoms with Gasteiger partial charge in [0, 0.05) is 16.7 Å². The van der Waals surface area contributed by atoms with Gasteiger partial charge in [0.25, 0.3) is 11.8 Å². The first kappa shape index (κ1) is 25.4. The van der Waals surface area contributed by atoms with Crippen LogP contribution in [0.2, 0.25) is 0 Å². The Bertz CT molecular complexity index is 1310. The van der Waals surface area contributed by atoms with Crippen LogP contribution in [0.5, 0.6) is 0 Å². The Kier molecular flexibility index (Phi) is 6.85. The van der Waals surface area contributed by atoms with Crippen molar-refractivity contribution in [3.63, 3.8) is 0 Å². The minimum absolute atomic E-state index is 0.0561. The number of carboxylic acid groups (broad SMARTS) is 1. The maximum atomic E-state index is 12.9. The Morgan fingerprint density at radius 3 is 2.72 bits per heavy atom. The topological polar surface area (TPSA) is 185 Å². The standard InChI is InChI=1S/C19H20F2N8O5S2/c1-7-3-28(27(2)13(7)22)4-8-5-35-16-11(15(31)29(16)12(8)17(32)33)25-14(30)10(26-34-18(20)21)9-6-36-19(23)24-9/h3,6,11,16,18,22H,4-5H2,1-2H3,(H4,23,24,25,30,32,33)/t11-,16-/m1/s1. The summed E-state index contributed by atoms with van der Waals surface area (Å²) in [7, 11) is 1.72. The summed E-state index contributed by atoms with van der Waals surface area (Å²) in [5, 5.41) is 18.1. The van der Waals surface area contributed by atoms with Crippen LogP contribution in [-0.4, -0.2) is 61.8 Å². The lowest BCUT2D eigenvalue weighted by Gasteiger charge is -2.50. The van der Waals surface area contributed by atoms with Gasteiger partial charge in [0.15, 0.2) is 23.2 Å². The lowest BCUT2D eigenvalue weighted by atomic mass is 10.0. The zero-order valence-corrected chi connectivity index (χ0v) is 20.4. The number of nitrogens with two attached hydrogens (primary N) is 2. The van der Waals surface area contributed by atoms with Crippen molar-refractivity contribution < 1.29 is 37.8 Å². The predicted octanol–water partition coefficient (Wildman–Crippen LogP) is -1.71. The van der Waals surface area contributed by atoms with Gasteiger partial charge in [0.2, 0.25) is 6.20 Å². The summed E-state index contributed by atoms with van der Waals surface area (Å²) in [5.74, 6) is -2.55. The lowest BCUT2D eigenvalue weighted by Crippen LogP contribution is -2.71. The highest BCUT2D eigenvalue weighted by atomic mass is 32.2. The Morgan fingerprint density at radius 1 is 1.44 bits per heavy atom. The molecule has 13 nitrogen and oxygen atoms in total. The second-order valence-electron chi connectivity index (χ2n) is 7.80. The first-order valence-electron chi connectivity index (χ1n) is 10.2. The third-order valence-corrected chi connectivity index (χ3v) is 7.58. The number of carbonyl (C=O) groups is 3. The highest BCUT2D eigenvalue weighted by molar-refractivity contribution is 8.00. The van der Waals surface area contributed by atoms with Gasteiger partial charge in [0.05, 0.1) is 24.3 Å². The number of aromatic nitrogens is 3. The molecule has 0 spiro atoms. The fourth-order valence-electron chi connectivity index (χ4n) is 3.81. The van der Waals surface area contributed by atoms with Gasteiger partial charge in [-0.15, -0.1) is 32.5 Å². The van der Waals surface area contributed by atoms with Crippen molar-refractivity contribution >= 4 is 57.5 Å². The smallest absolute Gasteiger partial charge is 0.407 e. The van der Waals surface area contributed by atoms with Crippen LogP contribution in [0.15, 0.2) is 28.0 Å². The Balaban J connectivity index is 1.55. The number of hydrogen-bond donors (Lipinski definition) is 3. The normalized spacial score (nSPS) is 19.9. The number of carbonyl (C=O) groups excluding carboxylic acids is 3. The summed E-state index contributed by atoms with van der Waals surface area (Å²) in [6.07, 6.45) is 1.75. The molecule has 192 valence electrons. The maximum absolute atomic E-state index is 12.9. The quantitative estimate of drug-likeness (QED) is 0.151. The highest BCUT2D eigenvalue weighted by Gasteiger charge is 2.53. The van der Waals surface area contributed by atoms with E-state index in [-0.39, 0.29) is 28.8 Å². The van der Waals surface area contributed by atoms with Gasteiger partial charge in [-0.2, -0.15) is 8.78 Å². The van der Waals surface area contributed by atoms with Crippen molar-refractivity contribution in [1.82, 2.24) is 19.9 Å². The van der Waals surface area contributed by atoms with Crippen LogP contribution in [0.3, 0.4) is 0 Å². The molecule has 2 amide bonds. The molecule has 2 atom stereocenters. The Morgan fingerprint density at radius 2 is 2.17 bits per heavy atom. The van der Waals surface area contributed by atoms with Crippen LogP contribution in [0.25, 0.3) is 0 Å². The van der Waals surface area contributed by atoms with Crippen LogP contribution < -0.4 is 26.6 Å². The van der Waals surface area contributed by atoms with E-state index in [0.717, 1.165) is 21.8 Å². The number of thioether (sulfide) groups is 1. The molecule has 5 N–H and O–H groups in total. The van der Waals surface area contributed by atoms with Gasteiger partial charge in [-0.25, -0.2) is 4.98 Å². The van der Waals surface area contributed by atoms with E-state index in [1.807, 2.05) is 6.92 Å². The molecular weight excluding hydrogens is 522 g/mol. The van der Waals surface area contributed by atoms with Crippen molar-refractivity contribution in [3.05, 3.63) is 34.1 Å². The second kappa shape index (κ2) is 9.73. The van der Waals surface area contributed by atoms with Crippen LogP contribution in [0, 0.1) is 6.92 Å². The van der Waals surface area contributed by atoms with Crippen molar-refractivity contribution in [2.24, 2.45) is 12.2 Å². The molecule has 1 fully saturated rings. The van der Waals surface area contributed by atoms with Gasteiger partial charge in [-0.1, -0.05) is 5.16 Å². The summed E-state index contributed by atoms with van der Waals surface area (Å²) in [5.41, 5.74) is 11.7. The predicted molar refractivity (Wildman–Crippen MR) is 122 cm³/mol. The number of oxime groups is 1. The number of nitrogens with zero attached hydrogens (tertiary/aromatic N) is 5. The number of alkyl halides is 2. The number of fused-ring (bicyclic) bond motifs is 1. The Hall–Kier alpha value is -3.73. The number of nitrogen functional groups attached to an aromatic ring is 2. The Labute approximate surface area is 210 Å². The molecule has 17 heteroatoms. The van der Waals surface area contributed by atoms with Crippen LogP contribution in [0.4, 0.5) is 19.7 Å². The molecule has 4 heterocycles. The van der Waals surface area contributed by atoms with Crippen molar-refractivity contribution in [2.75, 3.05) is 17.2 Å². The molecule has 0 aromatic carbocycles. The van der Waals surface area contributed by atoms with E-state index >= 15 is 0 Å². The number of thiazole rings is 1. The molecule has 0 unspecified atom stereocenters. The third kappa shape index (κ3) is 4.58. The average molecular weight is 543 g/mol. The number of hydrogen-bond acceptors (Lipinski definition) is 11. The number of aliphatic carboxylic acids is 1. The third-order valence-electron chi connectivity index (χ3n) is 5.56. The van der Waals surface area contributed by atoms with E-state index in [2.05, 4.69) is 20.3 Å². The molecule has 0 saturated carbocycles. The average Bonchev–Trinajstić information content (AvgIpc) is 3.35. The minimum Gasteiger partial charge on any atom is -0.543 e. The zero-order chi connectivity index (χ0) is 26.3. The summed E-state index contributed by atoms with van der Waals surface area (Å²) in [4.78, 5) is 46.5. The molecule has 4 rings (SSSR count). The summed E-state index contributed by atoms with van der Waals surface area (Å²) in [6.45, 7) is -1.35. The summed E-state index contributed by atoms with van der Waals surface area (Å²) in [6, 6.07) is -1.15. The molecule has 2 aliphatic rings. The number of aryl methyl sites for hydroxylation is 1. The van der Waals surface area contributed by atoms with E-state index in [0.29, 0.717) is 11.4 Å². The molecule has 1 saturated heterocycles. The molecular formula is C19H20F2N8O5S2. The van der Waals surface area contributed by atoms with Crippen molar-refractivity contribution in [1.29, 1.82) is 0 Å². The van der Waals surface area contributed by atoms with Crippen LogP contribution in [-0.2, 0) is 32.8 Å². The largest absolute Gasteiger partial charge is 0.543 e. The van der Waals surface area contributed by atoms with E-state index < -0.39 is 41.5 Å².